The number of hydrogen-bond acceptors (Lipinski definition) is 3. The van der Waals surface area contributed by atoms with Gasteiger partial charge in [0, 0.05) is 10.7 Å². The van der Waals surface area contributed by atoms with Crippen molar-refractivity contribution in [2.24, 2.45) is 0 Å². The van der Waals surface area contributed by atoms with Crippen LogP contribution in [0.5, 0.6) is 0 Å². The molecule has 0 saturated carbocycles. The van der Waals surface area contributed by atoms with Gasteiger partial charge >= 0.3 is 0 Å². The average molecular weight is 356 g/mol. The maximum absolute atomic E-state index is 13.1. The predicted molar refractivity (Wildman–Crippen MR) is 55.0 cm³/mol. The van der Waals surface area contributed by atoms with E-state index in [0.717, 1.165) is 6.07 Å². The molecule has 0 saturated heterocycles. The molecule has 0 radical (unpaired) electrons. The van der Waals surface area contributed by atoms with Crippen LogP contribution in [0.2, 0.25) is 5.15 Å². The Balaban J connectivity index is 3.56. The van der Waals surface area contributed by atoms with E-state index in [-0.39, 0.29) is 8.85 Å². The smallest absolute Gasteiger partial charge is 0.227 e. The number of nitrogens with zero attached hydrogens (tertiary/aromatic N) is 1. The number of aromatic nitrogens is 1. The average Bonchev–Trinajstić information content (AvgIpc) is 1.94. The molecule has 13 heavy (non-hydrogen) atoms. The summed E-state index contributed by atoms with van der Waals surface area (Å²) in [6.45, 7) is 0. The molecule has 0 aliphatic heterocycles. The molecule has 0 aromatic carbocycles. The van der Waals surface area contributed by atoms with E-state index in [4.69, 9.17) is 22.3 Å². The second kappa shape index (κ2) is 3.84. The van der Waals surface area contributed by atoms with E-state index in [1.807, 2.05) is 0 Å². The van der Waals surface area contributed by atoms with Crippen molar-refractivity contribution in [3.63, 3.8) is 0 Å². The topological polar surface area (TPSA) is 47.0 Å². The van der Waals surface area contributed by atoms with E-state index in [2.05, 4.69) is 4.98 Å². The van der Waals surface area contributed by atoms with E-state index < -0.39 is 19.8 Å². The molecule has 0 fully saturated rings. The van der Waals surface area contributed by atoms with E-state index in [1.54, 1.807) is 0 Å². The second-order valence-electron chi connectivity index (χ2n) is 1.99. The van der Waals surface area contributed by atoms with Crippen LogP contribution in [0.15, 0.2) is 11.0 Å². The minimum Gasteiger partial charge on any atom is -0.227 e. The minimum absolute atomic E-state index is 0.120. The van der Waals surface area contributed by atoms with E-state index in [1.165, 1.54) is 22.6 Å². The molecule has 0 aliphatic carbocycles. The molecule has 1 aromatic heterocycles. The SMILES string of the molecule is O=S(=O)(Cl)c1cc(Cl)nc(I)c1F. The van der Waals surface area contributed by atoms with Gasteiger partial charge in [-0.15, -0.1) is 0 Å². The van der Waals surface area contributed by atoms with Gasteiger partial charge in [-0.2, -0.15) is 0 Å². The molecule has 0 aliphatic rings. The molecule has 0 spiro atoms. The normalized spacial score (nSPS) is 11.7. The second-order valence-corrected chi connectivity index (χ2v) is 5.93. The van der Waals surface area contributed by atoms with Crippen molar-refractivity contribution in [1.82, 2.24) is 4.98 Å². The van der Waals surface area contributed by atoms with Gasteiger partial charge in [-0.05, 0) is 28.7 Å². The van der Waals surface area contributed by atoms with Crippen LogP contribution in [0.4, 0.5) is 4.39 Å². The van der Waals surface area contributed by atoms with Gasteiger partial charge in [0.1, 0.15) is 13.7 Å². The monoisotopic (exact) mass is 355 g/mol. The third kappa shape index (κ3) is 2.64. The third-order valence-electron chi connectivity index (χ3n) is 1.12. The summed E-state index contributed by atoms with van der Waals surface area (Å²) < 4.78 is 34.5. The highest BCUT2D eigenvalue weighted by atomic mass is 127. The lowest BCUT2D eigenvalue weighted by Gasteiger charge is -2.00. The summed E-state index contributed by atoms with van der Waals surface area (Å²) in [5.74, 6) is -0.986. The fraction of sp³-hybridized carbons (Fsp3) is 0. The highest BCUT2D eigenvalue weighted by Crippen LogP contribution is 2.24. The first-order chi connectivity index (χ1) is 5.82. The zero-order valence-corrected chi connectivity index (χ0v) is 10.2. The first-order valence-corrected chi connectivity index (χ1v) is 6.55. The highest BCUT2D eigenvalue weighted by Gasteiger charge is 2.20. The first-order valence-electron chi connectivity index (χ1n) is 2.78. The molecule has 8 heteroatoms. The molecule has 3 nitrogen and oxygen atoms in total. The molecule has 1 aromatic rings. The fourth-order valence-electron chi connectivity index (χ4n) is 0.626. The Labute approximate surface area is 96.8 Å². The molecule has 0 unspecified atom stereocenters. The van der Waals surface area contributed by atoms with Crippen molar-refractivity contribution >= 4 is 53.9 Å². The quantitative estimate of drug-likeness (QED) is 0.441. The molecule has 72 valence electrons. The predicted octanol–water partition coefficient (Wildman–Crippen LogP) is 2.41. The Kier molecular flexibility index (Phi) is 3.37. The summed E-state index contributed by atoms with van der Waals surface area (Å²) in [5, 5.41) is -0.120. The van der Waals surface area contributed by atoms with E-state index >= 15 is 0 Å². The fourth-order valence-corrected chi connectivity index (χ4v) is 2.66. The number of pyridine rings is 1. The zero-order chi connectivity index (χ0) is 10.2. The Bertz CT molecular complexity index is 450. The third-order valence-corrected chi connectivity index (χ3v) is 3.34. The van der Waals surface area contributed by atoms with Crippen LogP contribution >= 0.6 is 44.9 Å². The number of halogens is 4. The maximum Gasteiger partial charge on any atom is 0.264 e. The number of rotatable bonds is 1. The van der Waals surface area contributed by atoms with Crippen LogP contribution in [-0.2, 0) is 9.05 Å². The lowest BCUT2D eigenvalue weighted by Crippen LogP contribution is -2.00. The van der Waals surface area contributed by atoms with Crippen molar-refractivity contribution in [2.75, 3.05) is 0 Å². The van der Waals surface area contributed by atoms with Crippen LogP contribution in [0.1, 0.15) is 0 Å². The van der Waals surface area contributed by atoms with E-state index in [9.17, 15) is 12.8 Å². The van der Waals surface area contributed by atoms with Crippen LogP contribution in [0.25, 0.3) is 0 Å². The van der Waals surface area contributed by atoms with Crippen LogP contribution in [0, 0.1) is 9.52 Å². The summed E-state index contributed by atoms with van der Waals surface area (Å²) in [6, 6.07) is 0.862. The summed E-state index contributed by atoms with van der Waals surface area (Å²) >= 11 is 6.94. The summed E-state index contributed by atoms with van der Waals surface area (Å²) in [4.78, 5) is 2.85. The van der Waals surface area contributed by atoms with Gasteiger partial charge in [-0.3, -0.25) is 0 Å². The van der Waals surface area contributed by atoms with Gasteiger partial charge in [0.05, 0.1) is 0 Å². The van der Waals surface area contributed by atoms with Gasteiger partial charge in [-0.1, -0.05) is 11.6 Å². The first kappa shape index (κ1) is 11.4. The van der Waals surface area contributed by atoms with Crippen molar-refractivity contribution in [3.8, 4) is 0 Å². The van der Waals surface area contributed by atoms with Crippen LogP contribution in [0.3, 0.4) is 0 Å². The van der Waals surface area contributed by atoms with Gasteiger partial charge in [-0.25, -0.2) is 17.8 Å². The molecule has 0 atom stereocenters. The van der Waals surface area contributed by atoms with E-state index in [0.29, 0.717) is 0 Å². The van der Waals surface area contributed by atoms with Crippen molar-refractivity contribution < 1.29 is 12.8 Å². The van der Waals surface area contributed by atoms with Crippen LogP contribution < -0.4 is 0 Å². The lowest BCUT2D eigenvalue weighted by atomic mass is 10.5. The minimum atomic E-state index is -4.11. The van der Waals surface area contributed by atoms with Crippen LogP contribution in [-0.4, -0.2) is 13.4 Å². The lowest BCUT2D eigenvalue weighted by molar-refractivity contribution is 0.564. The Morgan fingerprint density at radius 1 is 1.54 bits per heavy atom. The molecular formula is C5HCl2FINO2S. The van der Waals surface area contributed by atoms with Gasteiger partial charge < -0.3 is 0 Å². The highest BCUT2D eigenvalue weighted by molar-refractivity contribution is 14.1. The summed E-state index contributed by atoms with van der Waals surface area (Å²) in [6.07, 6.45) is 0. The largest absolute Gasteiger partial charge is 0.264 e. The van der Waals surface area contributed by atoms with Gasteiger partial charge in [0.15, 0.2) is 5.82 Å². The number of hydrogen-bond donors (Lipinski definition) is 0. The van der Waals surface area contributed by atoms with Gasteiger partial charge in [0.25, 0.3) is 9.05 Å². The van der Waals surface area contributed by atoms with Crippen molar-refractivity contribution in [2.45, 2.75) is 4.90 Å². The maximum atomic E-state index is 13.1. The molecule has 1 heterocycles. The Hall–Kier alpha value is 0.340. The molecule has 0 N–H and O–H groups in total. The van der Waals surface area contributed by atoms with Crippen molar-refractivity contribution in [3.05, 3.63) is 20.7 Å². The molecule has 0 amide bonds. The Morgan fingerprint density at radius 3 is 2.54 bits per heavy atom. The Morgan fingerprint density at radius 2 is 2.08 bits per heavy atom. The molecule has 0 bridgehead atoms. The summed E-state index contributed by atoms with van der Waals surface area (Å²) in [7, 11) is 0.840. The van der Waals surface area contributed by atoms with Crippen molar-refractivity contribution in [1.29, 1.82) is 0 Å². The summed E-state index contributed by atoms with van der Waals surface area (Å²) in [5.41, 5.74) is 0. The molecule has 1 rings (SSSR count). The van der Waals surface area contributed by atoms with Gasteiger partial charge in [0.2, 0.25) is 0 Å². The molecular weight excluding hydrogens is 355 g/mol. The standard InChI is InChI=1S/C5HCl2FINO2S/c6-3-1-2(13(7,11)12)4(8)5(9)10-3/h1H. The zero-order valence-electron chi connectivity index (χ0n) is 5.76.